The Hall–Kier alpha value is -2.95. The lowest BCUT2D eigenvalue weighted by molar-refractivity contribution is 0.0343. The molecule has 1 aliphatic rings. The zero-order chi connectivity index (χ0) is 21.3. The molecule has 1 aromatic heterocycles. The molecule has 152 valence electrons. The Balaban J connectivity index is 1.58. The minimum atomic E-state index is -0.401. The first-order valence-electron chi connectivity index (χ1n) is 10.1. The monoisotopic (exact) mass is 400 g/mol. The highest BCUT2D eigenvalue weighted by atomic mass is 16.6. The Morgan fingerprint density at radius 2 is 1.80 bits per heavy atom. The molecule has 2 heterocycles. The Bertz CT molecular complexity index is 1090. The van der Waals surface area contributed by atoms with Crippen LogP contribution >= 0.6 is 0 Å². The molecular formula is C23H25BN4O2. The number of benzene rings is 2. The van der Waals surface area contributed by atoms with E-state index < -0.39 is 7.12 Å². The molecule has 1 aliphatic heterocycles. The van der Waals surface area contributed by atoms with Crippen LogP contribution in [0.3, 0.4) is 0 Å². The number of aromatic nitrogens is 3. The normalized spacial score (nSPS) is 15.8. The first-order valence-corrected chi connectivity index (χ1v) is 10.1. The molecule has 7 heteroatoms. The number of hydrogen-bond acceptors (Lipinski definition) is 5. The van der Waals surface area contributed by atoms with E-state index >= 15 is 0 Å². The van der Waals surface area contributed by atoms with E-state index in [9.17, 15) is 5.26 Å². The largest absolute Gasteiger partial charge is 0.493 e. The van der Waals surface area contributed by atoms with Crippen molar-refractivity contribution in [3.05, 3.63) is 65.2 Å². The summed E-state index contributed by atoms with van der Waals surface area (Å²) in [6.45, 7) is 10.0. The van der Waals surface area contributed by atoms with Crippen LogP contribution in [-0.2, 0) is 15.9 Å². The first kappa shape index (κ1) is 20.3. The van der Waals surface area contributed by atoms with E-state index in [0.29, 0.717) is 25.3 Å². The van der Waals surface area contributed by atoms with Gasteiger partial charge in [-0.2, -0.15) is 10.4 Å². The molecule has 1 fully saturated rings. The van der Waals surface area contributed by atoms with Crippen LogP contribution in [-0.4, -0.2) is 35.1 Å². The van der Waals surface area contributed by atoms with Crippen LogP contribution in [0.15, 0.2) is 42.5 Å². The molecule has 0 saturated carbocycles. The quantitative estimate of drug-likeness (QED) is 0.629. The highest BCUT2D eigenvalue weighted by molar-refractivity contribution is 6.61. The standard InChI is InChI=1S/C23H25BN4O2/c1-16-26-17(2)28(27-16)13-18-5-7-19(8-6-18)22-11-21(10-9-20(22)12-25)24-29-14-23(3,4)15-30-24/h5-11H,13-15H2,1-4H3. The number of hydrogen-bond donors (Lipinski definition) is 0. The molecule has 1 saturated heterocycles. The lowest BCUT2D eigenvalue weighted by atomic mass is 9.74. The van der Waals surface area contributed by atoms with Gasteiger partial charge in [-0.1, -0.05) is 50.2 Å². The predicted octanol–water partition coefficient (Wildman–Crippen LogP) is 3.25. The van der Waals surface area contributed by atoms with Gasteiger partial charge >= 0.3 is 7.12 Å². The summed E-state index contributed by atoms with van der Waals surface area (Å²) in [6, 6.07) is 16.3. The Morgan fingerprint density at radius 1 is 1.10 bits per heavy atom. The first-order chi connectivity index (χ1) is 14.3. The highest BCUT2D eigenvalue weighted by Crippen LogP contribution is 2.25. The van der Waals surface area contributed by atoms with Crippen molar-refractivity contribution in [3.8, 4) is 17.2 Å². The zero-order valence-corrected chi connectivity index (χ0v) is 17.8. The van der Waals surface area contributed by atoms with E-state index in [1.165, 1.54) is 0 Å². The van der Waals surface area contributed by atoms with Gasteiger partial charge in [-0.25, -0.2) is 9.67 Å². The van der Waals surface area contributed by atoms with Crippen molar-refractivity contribution in [2.75, 3.05) is 13.2 Å². The smallest absolute Gasteiger partial charge is 0.407 e. The lowest BCUT2D eigenvalue weighted by Gasteiger charge is -2.33. The van der Waals surface area contributed by atoms with Crippen molar-refractivity contribution in [3.63, 3.8) is 0 Å². The summed E-state index contributed by atoms with van der Waals surface area (Å²) in [5.74, 6) is 1.67. The van der Waals surface area contributed by atoms with Gasteiger partial charge in [0.1, 0.15) is 11.6 Å². The Labute approximate surface area is 177 Å². The molecule has 6 nitrogen and oxygen atoms in total. The predicted molar refractivity (Wildman–Crippen MR) is 116 cm³/mol. The van der Waals surface area contributed by atoms with Gasteiger partial charge in [0.15, 0.2) is 0 Å². The topological polar surface area (TPSA) is 73.0 Å². The van der Waals surface area contributed by atoms with Gasteiger partial charge in [-0.05, 0) is 42.1 Å². The Morgan fingerprint density at radius 3 is 2.40 bits per heavy atom. The molecule has 3 aromatic rings. The summed E-state index contributed by atoms with van der Waals surface area (Å²) in [5, 5.41) is 14.0. The van der Waals surface area contributed by atoms with Crippen molar-refractivity contribution < 1.29 is 9.31 Å². The van der Waals surface area contributed by atoms with Crippen molar-refractivity contribution in [2.45, 2.75) is 34.2 Å². The molecule has 0 radical (unpaired) electrons. The molecule has 0 unspecified atom stereocenters. The van der Waals surface area contributed by atoms with Crippen LogP contribution in [0, 0.1) is 30.6 Å². The molecule has 0 atom stereocenters. The minimum Gasteiger partial charge on any atom is -0.407 e. The van der Waals surface area contributed by atoms with E-state index in [1.807, 2.05) is 48.9 Å². The maximum absolute atomic E-state index is 9.60. The molecule has 0 amide bonds. The SMILES string of the molecule is Cc1nc(C)n(Cc2ccc(-c3cc(B4OCC(C)(C)CO4)ccc3C#N)cc2)n1. The second-order valence-corrected chi connectivity index (χ2v) is 8.60. The van der Waals surface area contributed by atoms with Gasteiger partial charge < -0.3 is 9.31 Å². The fourth-order valence-corrected chi connectivity index (χ4v) is 3.60. The fourth-order valence-electron chi connectivity index (χ4n) is 3.60. The van der Waals surface area contributed by atoms with Gasteiger partial charge in [-0.15, -0.1) is 0 Å². The van der Waals surface area contributed by atoms with E-state index in [-0.39, 0.29) is 5.41 Å². The van der Waals surface area contributed by atoms with Gasteiger partial charge in [0.05, 0.1) is 18.2 Å². The van der Waals surface area contributed by atoms with Gasteiger partial charge in [-0.3, -0.25) is 0 Å². The van der Waals surface area contributed by atoms with Crippen molar-refractivity contribution in [1.82, 2.24) is 14.8 Å². The van der Waals surface area contributed by atoms with Gasteiger partial charge in [0.25, 0.3) is 0 Å². The maximum atomic E-state index is 9.60. The maximum Gasteiger partial charge on any atom is 0.493 e. The number of nitrogens with zero attached hydrogens (tertiary/aromatic N) is 4. The van der Waals surface area contributed by atoms with Crippen molar-refractivity contribution in [2.24, 2.45) is 5.41 Å². The van der Waals surface area contributed by atoms with Crippen LogP contribution in [0.4, 0.5) is 0 Å². The second kappa shape index (κ2) is 8.06. The molecule has 0 aliphatic carbocycles. The van der Waals surface area contributed by atoms with Crippen LogP contribution in [0.25, 0.3) is 11.1 Å². The summed E-state index contributed by atoms with van der Waals surface area (Å²) in [5.41, 5.74) is 4.57. The van der Waals surface area contributed by atoms with Crippen LogP contribution in [0.5, 0.6) is 0 Å². The van der Waals surface area contributed by atoms with Crippen LogP contribution in [0.2, 0.25) is 0 Å². The number of nitriles is 1. The minimum absolute atomic E-state index is 0.0166. The van der Waals surface area contributed by atoms with Crippen LogP contribution < -0.4 is 5.46 Å². The van der Waals surface area contributed by atoms with E-state index in [2.05, 4.69) is 42.1 Å². The summed E-state index contributed by atoms with van der Waals surface area (Å²) in [7, 11) is -0.401. The molecule has 0 bridgehead atoms. The second-order valence-electron chi connectivity index (χ2n) is 8.60. The Kier molecular flexibility index (Phi) is 5.46. The number of rotatable bonds is 4. The van der Waals surface area contributed by atoms with Crippen molar-refractivity contribution >= 4 is 12.6 Å². The average molecular weight is 400 g/mol. The van der Waals surface area contributed by atoms with E-state index in [0.717, 1.165) is 33.8 Å². The molecular weight excluding hydrogens is 375 g/mol. The highest BCUT2D eigenvalue weighted by Gasteiger charge is 2.33. The van der Waals surface area contributed by atoms with Gasteiger partial charge in [0.2, 0.25) is 0 Å². The summed E-state index contributed by atoms with van der Waals surface area (Å²) in [4.78, 5) is 4.35. The zero-order valence-electron chi connectivity index (χ0n) is 17.8. The van der Waals surface area contributed by atoms with E-state index in [1.54, 1.807) is 0 Å². The third-order valence-electron chi connectivity index (χ3n) is 5.25. The average Bonchev–Trinajstić information content (AvgIpc) is 3.05. The van der Waals surface area contributed by atoms with Crippen molar-refractivity contribution in [1.29, 1.82) is 5.26 Å². The summed E-state index contributed by atoms with van der Waals surface area (Å²) >= 11 is 0. The summed E-state index contributed by atoms with van der Waals surface area (Å²) in [6.07, 6.45) is 0. The molecule has 0 spiro atoms. The van der Waals surface area contributed by atoms with Gasteiger partial charge in [0, 0.05) is 18.6 Å². The third-order valence-corrected chi connectivity index (χ3v) is 5.25. The molecule has 30 heavy (non-hydrogen) atoms. The molecule has 2 aromatic carbocycles. The summed E-state index contributed by atoms with van der Waals surface area (Å²) < 4.78 is 13.7. The van der Waals surface area contributed by atoms with Crippen LogP contribution in [0.1, 0.15) is 36.6 Å². The number of aryl methyl sites for hydroxylation is 2. The molecule has 4 rings (SSSR count). The lowest BCUT2D eigenvalue weighted by Crippen LogP contribution is -2.47. The van der Waals surface area contributed by atoms with E-state index in [4.69, 9.17) is 9.31 Å². The molecule has 0 N–H and O–H groups in total. The fraction of sp³-hybridized carbons (Fsp3) is 0.348. The third kappa shape index (κ3) is 4.30.